The van der Waals surface area contributed by atoms with Crippen LogP contribution in [0, 0.1) is 0 Å². The minimum absolute atomic E-state index is 0.103. The highest BCUT2D eigenvalue weighted by molar-refractivity contribution is 7.47. The standard InChI is InChI=1S/C30H63N2O6P/c1-6-8-9-10-11-12-13-14-15-16-17-18-19-20-21-22-25-36-28-29(27-31-30(33)23-7-2)38-39(34,35)37-26-24-32(3,4)5/h29H,6-28H2,1-5H3,(H-,31,33,34,35)/p+1. The van der Waals surface area contributed by atoms with E-state index in [1.165, 1.54) is 89.9 Å². The number of unbranched alkanes of at least 4 members (excludes halogenated alkanes) is 15. The zero-order valence-corrected chi connectivity index (χ0v) is 27.1. The fourth-order valence-corrected chi connectivity index (χ4v) is 5.17. The van der Waals surface area contributed by atoms with E-state index in [1.807, 2.05) is 28.1 Å². The number of nitrogens with zero attached hydrogens (tertiary/aromatic N) is 1. The van der Waals surface area contributed by atoms with E-state index in [1.54, 1.807) is 0 Å². The van der Waals surface area contributed by atoms with Crippen molar-refractivity contribution in [3.8, 4) is 0 Å². The predicted molar refractivity (Wildman–Crippen MR) is 162 cm³/mol. The number of rotatable bonds is 29. The molecule has 0 aromatic rings. The molecule has 0 aliphatic heterocycles. The molecule has 0 bridgehead atoms. The van der Waals surface area contributed by atoms with Crippen molar-refractivity contribution in [2.75, 3.05) is 54.1 Å². The largest absolute Gasteiger partial charge is 0.472 e. The van der Waals surface area contributed by atoms with Gasteiger partial charge in [-0.15, -0.1) is 0 Å². The third-order valence-electron chi connectivity index (χ3n) is 6.75. The van der Waals surface area contributed by atoms with Crippen LogP contribution in [-0.2, 0) is 23.1 Å². The summed E-state index contributed by atoms with van der Waals surface area (Å²) in [6, 6.07) is 0. The van der Waals surface area contributed by atoms with Gasteiger partial charge in [0.25, 0.3) is 0 Å². The first-order chi connectivity index (χ1) is 18.6. The Morgan fingerprint density at radius 2 is 1.26 bits per heavy atom. The van der Waals surface area contributed by atoms with Crippen LogP contribution in [0.5, 0.6) is 0 Å². The summed E-state index contributed by atoms with van der Waals surface area (Å²) < 4.78 is 29.3. The highest BCUT2D eigenvalue weighted by atomic mass is 31.2. The van der Waals surface area contributed by atoms with Crippen molar-refractivity contribution in [3.05, 3.63) is 0 Å². The molecule has 0 spiro atoms. The molecule has 2 atom stereocenters. The van der Waals surface area contributed by atoms with Gasteiger partial charge in [0.2, 0.25) is 5.91 Å². The van der Waals surface area contributed by atoms with Gasteiger partial charge in [0.1, 0.15) is 19.3 Å². The average molecular weight is 580 g/mol. The van der Waals surface area contributed by atoms with E-state index in [9.17, 15) is 14.3 Å². The third kappa shape index (κ3) is 28.8. The summed E-state index contributed by atoms with van der Waals surface area (Å²) >= 11 is 0. The minimum atomic E-state index is -4.25. The number of likely N-dealkylation sites (N-methyl/N-ethyl adjacent to an activating group) is 1. The predicted octanol–water partition coefficient (Wildman–Crippen LogP) is 7.39. The van der Waals surface area contributed by atoms with Crippen LogP contribution in [0.1, 0.15) is 129 Å². The summed E-state index contributed by atoms with van der Waals surface area (Å²) in [7, 11) is 1.69. The fraction of sp³-hybridized carbons (Fsp3) is 0.967. The lowest BCUT2D eigenvalue weighted by atomic mass is 10.0. The highest BCUT2D eigenvalue weighted by Gasteiger charge is 2.28. The molecule has 2 unspecified atom stereocenters. The number of ether oxygens (including phenoxy) is 1. The van der Waals surface area contributed by atoms with Crippen molar-refractivity contribution in [2.24, 2.45) is 0 Å². The molecular formula is C30H64N2O6P+. The molecule has 0 saturated heterocycles. The van der Waals surface area contributed by atoms with Crippen molar-refractivity contribution < 1.29 is 32.5 Å². The highest BCUT2D eigenvalue weighted by Crippen LogP contribution is 2.44. The maximum Gasteiger partial charge on any atom is 0.472 e. The van der Waals surface area contributed by atoms with Crippen LogP contribution >= 0.6 is 7.82 Å². The van der Waals surface area contributed by atoms with Crippen LogP contribution in [0.3, 0.4) is 0 Å². The summed E-state index contributed by atoms with van der Waals surface area (Å²) in [4.78, 5) is 22.0. The first-order valence-corrected chi connectivity index (χ1v) is 17.4. The Bertz CT molecular complexity index is 615. The second kappa shape index (κ2) is 25.2. The van der Waals surface area contributed by atoms with Crippen molar-refractivity contribution >= 4 is 13.7 Å². The van der Waals surface area contributed by atoms with Gasteiger partial charge < -0.3 is 19.4 Å². The molecule has 0 radical (unpaired) electrons. The lowest BCUT2D eigenvalue weighted by Crippen LogP contribution is -2.38. The molecule has 0 aromatic heterocycles. The Hall–Kier alpha value is -0.500. The Morgan fingerprint density at radius 3 is 1.72 bits per heavy atom. The van der Waals surface area contributed by atoms with Crippen LogP contribution in [0.2, 0.25) is 0 Å². The molecule has 1 amide bonds. The zero-order valence-electron chi connectivity index (χ0n) is 26.2. The van der Waals surface area contributed by atoms with Crippen LogP contribution < -0.4 is 5.32 Å². The number of phosphoric ester groups is 1. The smallest absolute Gasteiger partial charge is 0.379 e. The average Bonchev–Trinajstić information content (AvgIpc) is 2.85. The number of hydrogen-bond acceptors (Lipinski definition) is 5. The molecule has 0 aromatic carbocycles. The first kappa shape index (κ1) is 38.5. The summed E-state index contributed by atoms with van der Waals surface area (Å²) in [5, 5.41) is 2.76. The summed E-state index contributed by atoms with van der Waals surface area (Å²) in [6.45, 7) is 5.69. The molecule has 8 nitrogen and oxygen atoms in total. The number of carbonyl (C=O) groups is 1. The van der Waals surface area contributed by atoms with Gasteiger partial charge in [0.05, 0.1) is 27.7 Å². The van der Waals surface area contributed by atoms with E-state index in [2.05, 4.69) is 12.2 Å². The minimum Gasteiger partial charge on any atom is -0.379 e. The maximum absolute atomic E-state index is 12.4. The van der Waals surface area contributed by atoms with Gasteiger partial charge in [-0.05, 0) is 12.8 Å². The van der Waals surface area contributed by atoms with Crippen molar-refractivity contribution in [1.82, 2.24) is 5.32 Å². The third-order valence-corrected chi connectivity index (χ3v) is 7.82. The zero-order chi connectivity index (χ0) is 29.2. The van der Waals surface area contributed by atoms with E-state index in [0.717, 1.165) is 19.3 Å². The quantitative estimate of drug-likeness (QED) is 0.0545. The number of quaternary nitrogens is 1. The SMILES string of the molecule is CCCCCCCCCCCCCCCCCCOCC(CNC(=O)CCC)OP(=O)(O)OCC[N+](C)(C)C. The van der Waals surface area contributed by atoms with E-state index in [-0.39, 0.29) is 25.7 Å². The normalized spacial score (nSPS) is 14.3. The first-order valence-electron chi connectivity index (χ1n) is 15.9. The van der Waals surface area contributed by atoms with E-state index in [0.29, 0.717) is 24.1 Å². The van der Waals surface area contributed by atoms with Crippen LogP contribution in [0.4, 0.5) is 0 Å². The topological polar surface area (TPSA) is 94.1 Å². The second-order valence-corrected chi connectivity index (χ2v) is 13.4. The van der Waals surface area contributed by atoms with Crippen LogP contribution in [0.15, 0.2) is 0 Å². The van der Waals surface area contributed by atoms with E-state index in [4.69, 9.17) is 13.8 Å². The Kier molecular flexibility index (Phi) is 24.9. The van der Waals surface area contributed by atoms with Crippen LogP contribution in [-0.4, -0.2) is 75.4 Å². The Labute approximate surface area is 241 Å². The maximum atomic E-state index is 12.4. The lowest BCUT2D eigenvalue weighted by molar-refractivity contribution is -0.870. The van der Waals surface area contributed by atoms with Gasteiger partial charge >= 0.3 is 7.82 Å². The summed E-state index contributed by atoms with van der Waals surface area (Å²) in [5.74, 6) is -0.109. The molecule has 0 aliphatic carbocycles. The van der Waals surface area contributed by atoms with Gasteiger partial charge in [0, 0.05) is 19.6 Å². The van der Waals surface area contributed by atoms with Crippen molar-refractivity contribution in [1.29, 1.82) is 0 Å². The molecule has 0 fully saturated rings. The molecule has 39 heavy (non-hydrogen) atoms. The molecule has 0 aliphatic rings. The summed E-state index contributed by atoms with van der Waals surface area (Å²) in [6.07, 6.45) is 21.5. The van der Waals surface area contributed by atoms with Crippen molar-refractivity contribution in [2.45, 2.75) is 136 Å². The summed E-state index contributed by atoms with van der Waals surface area (Å²) in [5.41, 5.74) is 0. The fourth-order valence-electron chi connectivity index (χ4n) is 4.29. The van der Waals surface area contributed by atoms with Gasteiger partial charge in [-0.25, -0.2) is 4.57 Å². The molecule has 0 saturated carbocycles. The van der Waals surface area contributed by atoms with Crippen molar-refractivity contribution in [3.63, 3.8) is 0 Å². The van der Waals surface area contributed by atoms with E-state index < -0.39 is 13.9 Å². The second-order valence-electron chi connectivity index (χ2n) is 12.0. The Balaban J connectivity index is 3.94. The number of nitrogens with one attached hydrogen (secondary N) is 1. The molecule has 234 valence electrons. The number of phosphoric acid groups is 1. The molecule has 9 heteroatoms. The number of amides is 1. The van der Waals surface area contributed by atoms with Gasteiger partial charge in [-0.1, -0.05) is 110 Å². The molecule has 0 heterocycles. The van der Waals surface area contributed by atoms with E-state index >= 15 is 0 Å². The number of carbonyl (C=O) groups excluding carboxylic acids is 1. The molecule has 0 rings (SSSR count). The lowest BCUT2D eigenvalue weighted by Gasteiger charge is -2.25. The number of hydrogen-bond donors (Lipinski definition) is 2. The monoisotopic (exact) mass is 579 g/mol. The Morgan fingerprint density at radius 1 is 0.769 bits per heavy atom. The van der Waals surface area contributed by atoms with Gasteiger partial charge in [0.15, 0.2) is 0 Å². The molecule has 2 N–H and O–H groups in total. The van der Waals surface area contributed by atoms with Gasteiger partial charge in [-0.3, -0.25) is 13.8 Å². The van der Waals surface area contributed by atoms with Crippen LogP contribution in [0.25, 0.3) is 0 Å². The van der Waals surface area contributed by atoms with Gasteiger partial charge in [-0.2, -0.15) is 0 Å². The molecular weight excluding hydrogens is 515 g/mol.